The fourth-order valence-electron chi connectivity index (χ4n) is 13.4. The van der Waals surface area contributed by atoms with Gasteiger partial charge < -0.3 is 19.6 Å². The predicted octanol–water partition coefficient (Wildman–Crippen LogP) is 26.1. The first-order chi connectivity index (χ1) is 45.2. The monoisotopic (exact) mass is 1220 g/mol. The SMILES string of the molecule is Cc1ccc(N(c2ccc(-c3c4ccc(N(c5ccc(C)c(C)c5)c5ccc(C)c(C)c5)cc4c(-c4ccc(N(c5ccc(C)c(C)c5)c5ccc(C)c(C)c5)cc4)c4ccc(N(c5ccc(C)c(C)c5)c5ccc(C)c(C)c5)cc34)cc2)c2ccc(C)c(C)c2)cc1C. The van der Waals surface area contributed by atoms with Crippen LogP contribution < -0.4 is 19.6 Å². The van der Waals surface area contributed by atoms with E-state index in [1.807, 2.05) is 0 Å². The first-order valence-corrected chi connectivity index (χ1v) is 33.2. The summed E-state index contributed by atoms with van der Waals surface area (Å²) in [5.74, 6) is 0. The minimum absolute atomic E-state index is 1.08. The topological polar surface area (TPSA) is 13.0 Å². The average Bonchev–Trinajstić information content (AvgIpc) is 0.723. The molecule has 0 fully saturated rings. The zero-order valence-corrected chi connectivity index (χ0v) is 57.7. The lowest BCUT2D eigenvalue weighted by Gasteiger charge is -2.29. The van der Waals surface area contributed by atoms with Crippen LogP contribution in [0.5, 0.6) is 0 Å². The fourth-order valence-corrected chi connectivity index (χ4v) is 13.4. The second-order valence-corrected chi connectivity index (χ2v) is 26.8. The van der Waals surface area contributed by atoms with Gasteiger partial charge in [0.05, 0.1) is 0 Å². The molecule has 0 aliphatic heterocycles. The molecule has 466 valence electrons. The second-order valence-electron chi connectivity index (χ2n) is 26.8. The maximum atomic E-state index is 2.47. The lowest BCUT2D eigenvalue weighted by atomic mass is 9.85. The Balaban J connectivity index is 1.12. The highest BCUT2D eigenvalue weighted by Crippen LogP contribution is 2.50. The molecule has 13 aromatic rings. The first kappa shape index (κ1) is 62.4. The smallest absolute Gasteiger partial charge is 0.0468 e. The molecule has 0 spiro atoms. The molecule has 0 bridgehead atoms. The van der Waals surface area contributed by atoms with Crippen molar-refractivity contribution in [3.63, 3.8) is 0 Å². The molecule has 13 rings (SSSR count). The van der Waals surface area contributed by atoms with Crippen LogP contribution in [0.2, 0.25) is 0 Å². The molecule has 0 aliphatic carbocycles. The van der Waals surface area contributed by atoms with Crippen LogP contribution in [-0.4, -0.2) is 0 Å². The summed E-state index contributed by atoms with van der Waals surface area (Å²) in [6.45, 7) is 35.3. The largest absolute Gasteiger partial charge is 0.310 e. The summed E-state index contributed by atoms with van der Waals surface area (Å²) in [5.41, 5.74) is 38.1. The van der Waals surface area contributed by atoms with E-state index < -0.39 is 0 Å². The van der Waals surface area contributed by atoms with Crippen molar-refractivity contribution in [1.82, 2.24) is 0 Å². The van der Waals surface area contributed by atoms with Crippen molar-refractivity contribution in [3.8, 4) is 22.3 Å². The summed E-state index contributed by atoms with van der Waals surface area (Å²) in [4.78, 5) is 9.74. The highest BCUT2D eigenvalue weighted by Gasteiger charge is 2.25. The van der Waals surface area contributed by atoms with Gasteiger partial charge in [0.25, 0.3) is 0 Å². The van der Waals surface area contributed by atoms with Crippen LogP contribution >= 0.6 is 0 Å². The minimum atomic E-state index is 1.08. The number of rotatable bonds is 14. The Hall–Kier alpha value is -10.4. The third-order valence-corrected chi connectivity index (χ3v) is 20.4. The van der Waals surface area contributed by atoms with Crippen molar-refractivity contribution >= 4 is 89.8 Å². The van der Waals surface area contributed by atoms with Crippen molar-refractivity contribution in [2.45, 2.75) is 111 Å². The highest BCUT2D eigenvalue weighted by atomic mass is 15.2. The van der Waals surface area contributed by atoms with E-state index in [4.69, 9.17) is 0 Å². The lowest BCUT2D eigenvalue weighted by Crippen LogP contribution is -2.12. The summed E-state index contributed by atoms with van der Waals surface area (Å²) < 4.78 is 0. The number of nitrogens with zero attached hydrogens (tertiary/aromatic N) is 4. The summed E-state index contributed by atoms with van der Waals surface area (Å²) >= 11 is 0. The van der Waals surface area contributed by atoms with Crippen molar-refractivity contribution in [1.29, 1.82) is 0 Å². The summed E-state index contributed by atoms with van der Waals surface area (Å²) in [7, 11) is 0. The molecular weight excluding hydrogens is 1140 g/mol. The highest BCUT2D eigenvalue weighted by molar-refractivity contribution is 6.23. The zero-order chi connectivity index (χ0) is 66.0. The molecule has 0 aromatic heterocycles. The zero-order valence-electron chi connectivity index (χ0n) is 57.7. The predicted molar refractivity (Wildman–Crippen MR) is 407 cm³/mol. The van der Waals surface area contributed by atoms with Gasteiger partial charge in [0, 0.05) is 68.2 Å². The summed E-state index contributed by atoms with van der Waals surface area (Å²) in [5, 5.41) is 4.65. The molecule has 0 amide bonds. The van der Waals surface area contributed by atoms with Crippen molar-refractivity contribution in [2.24, 2.45) is 0 Å². The maximum Gasteiger partial charge on any atom is 0.0468 e. The Bertz CT molecular complexity index is 4580. The quantitative estimate of drug-likeness (QED) is 0.101. The lowest BCUT2D eigenvalue weighted by molar-refractivity contribution is 1.23. The molecule has 4 heteroatoms. The van der Waals surface area contributed by atoms with E-state index in [2.05, 4.69) is 361 Å². The fraction of sp³-hybridized carbons (Fsp3) is 0.178. The van der Waals surface area contributed by atoms with Gasteiger partial charge in [-0.2, -0.15) is 0 Å². The molecule has 0 heterocycles. The Labute approximate surface area is 558 Å². The van der Waals surface area contributed by atoms with E-state index >= 15 is 0 Å². The van der Waals surface area contributed by atoms with Gasteiger partial charge in [-0.3, -0.25) is 0 Å². The van der Waals surface area contributed by atoms with E-state index in [0.717, 1.165) is 101 Å². The summed E-state index contributed by atoms with van der Waals surface area (Å²) in [6.07, 6.45) is 0. The number of fused-ring (bicyclic) bond motifs is 2. The van der Waals surface area contributed by atoms with Gasteiger partial charge >= 0.3 is 0 Å². The van der Waals surface area contributed by atoms with Crippen LogP contribution in [0.1, 0.15) is 89.0 Å². The summed E-state index contributed by atoms with van der Waals surface area (Å²) in [6, 6.07) is 88.1. The molecule has 0 unspecified atom stereocenters. The molecule has 0 atom stereocenters. The number of hydrogen-bond acceptors (Lipinski definition) is 4. The normalized spacial score (nSPS) is 11.4. The van der Waals surface area contributed by atoms with Gasteiger partial charge in [0.2, 0.25) is 0 Å². The Kier molecular flexibility index (Phi) is 16.7. The Morgan fingerprint density at radius 2 is 0.298 bits per heavy atom. The molecule has 0 saturated carbocycles. The minimum Gasteiger partial charge on any atom is -0.310 e. The maximum absolute atomic E-state index is 2.47. The van der Waals surface area contributed by atoms with E-state index in [0.29, 0.717) is 0 Å². The molecule has 0 radical (unpaired) electrons. The molecular formula is C90H86N4. The molecule has 0 saturated heterocycles. The van der Waals surface area contributed by atoms with E-state index in [-0.39, 0.29) is 0 Å². The number of anilines is 12. The molecule has 0 N–H and O–H groups in total. The van der Waals surface area contributed by atoms with Gasteiger partial charge in [0.15, 0.2) is 0 Å². The van der Waals surface area contributed by atoms with Gasteiger partial charge in [-0.15, -0.1) is 0 Å². The van der Waals surface area contributed by atoms with Gasteiger partial charge in [0.1, 0.15) is 0 Å². The van der Waals surface area contributed by atoms with Gasteiger partial charge in [-0.1, -0.05) is 84.9 Å². The van der Waals surface area contributed by atoms with Crippen LogP contribution in [-0.2, 0) is 0 Å². The third-order valence-electron chi connectivity index (χ3n) is 20.4. The van der Waals surface area contributed by atoms with Crippen molar-refractivity contribution in [2.75, 3.05) is 19.6 Å². The van der Waals surface area contributed by atoms with Crippen LogP contribution in [0, 0.1) is 111 Å². The van der Waals surface area contributed by atoms with E-state index in [9.17, 15) is 0 Å². The number of aryl methyl sites for hydroxylation is 16. The molecule has 0 aliphatic rings. The van der Waals surface area contributed by atoms with E-state index in [1.54, 1.807) is 0 Å². The Morgan fingerprint density at radius 1 is 0.138 bits per heavy atom. The van der Waals surface area contributed by atoms with Crippen LogP contribution in [0.4, 0.5) is 68.2 Å². The van der Waals surface area contributed by atoms with Gasteiger partial charge in [-0.25, -0.2) is 0 Å². The van der Waals surface area contributed by atoms with Crippen LogP contribution in [0.3, 0.4) is 0 Å². The molecule has 4 nitrogen and oxygen atoms in total. The third kappa shape index (κ3) is 11.8. The van der Waals surface area contributed by atoms with Crippen molar-refractivity contribution < 1.29 is 0 Å². The van der Waals surface area contributed by atoms with Crippen LogP contribution in [0.15, 0.2) is 231 Å². The number of hydrogen-bond donors (Lipinski definition) is 0. The first-order valence-electron chi connectivity index (χ1n) is 33.2. The van der Waals surface area contributed by atoms with Crippen molar-refractivity contribution in [3.05, 3.63) is 320 Å². The molecule has 13 aromatic carbocycles. The second kappa shape index (κ2) is 25.2. The van der Waals surface area contributed by atoms with Crippen LogP contribution in [0.25, 0.3) is 43.8 Å². The number of benzene rings is 13. The van der Waals surface area contributed by atoms with Gasteiger partial charge in [-0.05, 0) is 389 Å². The van der Waals surface area contributed by atoms with E-state index in [1.165, 1.54) is 100 Å². The Morgan fingerprint density at radius 3 is 0.489 bits per heavy atom. The standard InChI is InChI=1S/C90H86N4/c1-55-17-29-75(45-63(55)9)91(76-30-18-56(2)64(10)46-76)73-37-25-71(26-38-73)89-85-43-41-84(94(81-35-23-61(7)69(15)51-81)82-36-24-62(8)70(16)52-82)54-88(85)90(72-27-39-74(40-28-72)92(77-31-19-57(3)65(11)47-77)78-32-20-58(4)66(12)48-78)86-44-42-83(53-87(86)89)93(79-33-21-59(5)67(13)49-79)80-34-22-60(6)68(14)50-80/h17-54H,1-16H3. The average molecular weight is 1220 g/mol. The molecule has 94 heavy (non-hydrogen) atoms.